The molecule has 1 aliphatic heterocycles. The molecule has 5 heterocycles. The van der Waals surface area contributed by atoms with Gasteiger partial charge in [-0.15, -0.1) is 21.5 Å². The number of thiophene rings is 1. The fourth-order valence-electron chi connectivity index (χ4n) is 3.26. The van der Waals surface area contributed by atoms with Crippen LogP contribution in [0.5, 0.6) is 0 Å². The summed E-state index contributed by atoms with van der Waals surface area (Å²) in [7, 11) is 0. The van der Waals surface area contributed by atoms with E-state index >= 15 is 0 Å². The van der Waals surface area contributed by atoms with Crippen molar-refractivity contribution in [1.82, 2.24) is 25.1 Å². The van der Waals surface area contributed by atoms with Gasteiger partial charge in [0, 0.05) is 37.3 Å². The second kappa shape index (κ2) is 6.82. The van der Waals surface area contributed by atoms with Crippen LogP contribution in [0.4, 0.5) is 10.9 Å². The SMILES string of the molecule is Cc1cc2c(N3CCN(c4nnc(-c5ccccn5)s4)CC3)ncnc2s1. The highest BCUT2D eigenvalue weighted by molar-refractivity contribution is 7.18. The highest BCUT2D eigenvalue weighted by atomic mass is 32.1. The van der Waals surface area contributed by atoms with E-state index in [2.05, 4.69) is 47.9 Å². The van der Waals surface area contributed by atoms with Crippen LogP contribution in [0, 0.1) is 6.92 Å². The Morgan fingerprint density at radius 3 is 2.59 bits per heavy atom. The quantitative estimate of drug-likeness (QED) is 0.527. The lowest BCUT2D eigenvalue weighted by atomic mass is 10.2. The van der Waals surface area contributed by atoms with Gasteiger partial charge in [-0.3, -0.25) is 4.98 Å². The van der Waals surface area contributed by atoms with Gasteiger partial charge in [-0.05, 0) is 25.1 Å². The number of nitrogens with zero attached hydrogens (tertiary/aromatic N) is 7. The van der Waals surface area contributed by atoms with Crippen LogP contribution in [0.25, 0.3) is 20.9 Å². The van der Waals surface area contributed by atoms with E-state index in [9.17, 15) is 0 Å². The molecule has 0 aliphatic carbocycles. The minimum atomic E-state index is 0.860. The Bertz CT molecular complexity index is 1070. The largest absolute Gasteiger partial charge is 0.352 e. The third-order valence-electron chi connectivity index (χ3n) is 4.58. The molecule has 27 heavy (non-hydrogen) atoms. The molecule has 0 N–H and O–H groups in total. The highest BCUT2D eigenvalue weighted by Crippen LogP contribution is 2.32. The fourth-order valence-corrected chi connectivity index (χ4v) is 4.98. The summed E-state index contributed by atoms with van der Waals surface area (Å²) in [5.74, 6) is 1.04. The first kappa shape index (κ1) is 16.5. The average molecular weight is 396 g/mol. The molecule has 0 radical (unpaired) electrons. The number of hydrogen-bond donors (Lipinski definition) is 0. The smallest absolute Gasteiger partial charge is 0.208 e. The van der Waals surface area contributed by atoms with Crippen molar-refractivity contribution in [1.29, 1.82) is 0 Å². The number of rotatable bonds is 3. The maximum atomic E-state index is 4.55. The summed E-state index contributed by atoms with van der Waals surface area (Å²) in [4.78, 5) is 20.3. The van der Waals surface area contributed by atoms with Crippen molar-refractivity contribution in [3.05, 3.63) is 41.7 Å². The van der Waals surface area contributed by atoms with Gasteiger partial charge in [0.1, 0.15) is 22.7 Å². The van der Waals surface area contributed by atoms with Crippen molar-refractivity contribution in [3.63, 3.8) is 0 Å². The average Bonchev–Trinajstić information content (AvgIpc) is 3.35. The summed E-state index contributed by atoms with van der Waals surface area (Å²) in [6.07, 6.45) is 3.45. The third kappa shape index (κ3) is 3.13. The molecule has 0 unspecified atom stereocenters. The topological polar surface area (TPSA) is 70.9 Å². The van der Waals surface area contributed by atoms with Crippen molar-refractivity contribution in [2.45, 2.75) is 6.92 Å². The van der Waals surface area contributed by atoms with E-state index in [-0.39, 0.29) is 0 Å². The van der Waals surface area contributed by atoms with Gasteiger partial charge in [0.25, 0.3) is 0 Å². The van der Waals surface area contributed by atoms with Crippen LogP contribution in [0.3, 0.4) is 0 Å². The fraction of sp³-hybridized carbons (Fsp3) is 0.278. The van der Waals surface area contributed by atoms with Gasteiger partial charge in [-0.1, -0.05) is 17.4 Å². The maximum absolute atomic E-state index is 4.55. The Hall–Kier alpha value is -2.65. The maximum Gasteiger partial charge on any atom is 0.208 e. The van der Waals surface area contributed by atoms with Crippen molar-refractivity contribution >= 4 is 43.8 Å². The van der Waals surface area contributed by atoms with Crippen LogP contribution in [0.1, 0.15) is 4.88 Å². The molecular weight excluding hydrogens is 378 g/mol. The van der Waals surface area contributed by atoms with E-state index in [4.69, 9.17) is 0 Å². The van der Waals surface area contributed by atoms with E-state index in [1.165, 1.54) is 4.88 Å². The number of aromatic nitrogens is 5. The van der Waals surface area contributed by atoms with Crippen LogP contribution in [0.2, 0.25) is 0 Å². The molecular formula is C18H17N7S2. The molecule has 1 fully saturated rings. The highest BCUT2D eigenvalue weighted by Gasteiger charge is 2.23. The summed E-state index contributed by atoms with van der Waals surface area (Å²) < 4.78 is 0. The standard InChI is InChI=1S/C18H17N7S2/c1-12-10-13-15(20-11-21-16(13)26-12)24-6-8-25(9-7-24)18-23-22-17(27-18)14-4-2-3-5-19-14/h2-5,10-11H,6-9H2,1H3. The minimum Gasteiger partial charge on any atom is -0.352 e. The zero-order valence-corrected chi connectivity index (χ0v) is 16.4. The molecule has 9 heteroatoms. The lowest BCUT2D eigenvalue weighted by Crippen LogP contribution is -2.46. The van der Waals surface area contributed by atoms with Gasteiger partial charge in [-0.25, -0.2) is 9.97 Å². The summed E-state index contributed by atoms with van der Waals surface area (Å²) in [5, 5.41) is 11.7. The second-order valence-electron chi connectivity index (χ2n) is 6.35. The Labute approximate surface area is 164 Å². The van der Waals surface area contributed by atoms with Gasteiger partial charge < -0.3 is 9.80 Å². The molecule has 0 saturated carbocycles. The summed E-state index contributed by atoms with van der Waals surface area (Å²) in [6.45, 7) is 5.71. The molecule has 5 rings (SSSR count). The predicted octanol–water partition coefficient (Wildman–Crippen LogP) is 3.24. The summed E-state index contributed by atoms with van der Waals surface area (Å²) >= 11 is 3.31. The molecule has 0 bridgehead atoms. The number of fused-ring (bicyclic) bond motifs is 1. The monoisotopic (exact) mass is 395 g/mol. The Kier molecular flexibility index (Phi) is 4.17. The molecule has 0 aromatic carbocycles. The van der Waals surface area contributed by atoms with Gasteiger partial charge in [0.15, 0.2) is 5.01 Å². The third-order valence-corrected chi connectivity index (χ3v) is 6.54. The number of aryl methyl sites for hydroxylation is 1. The van der Waals surface area contributed by atoms with Crippen LogP contribution in [-0.4, -0.2) is 51.3 Å². The van der Waals surface area contributed by atoms with Crippen LogP contribution in [-0.2, 0) is 0 Å². The van der Waals surface area contributed by atoms with E-state index in [0.717, 1.165) is 58.0 Å². The number of piperazine rings is 1. The molecule has 0 spiro atoms. The zero-order chi connectivity index (χ0) is 18.2. The molecule has 0 atom stereocenters. The van der Waals surface area contributed by atoms with Crippen molar-refractivity contribution in [2.24, 2.45) is 0 Å². The lowest BCUT2D eigenvalue weighted by Gasteiger charge is -2.35. The molecule has 4 aromatic heterocycles. The zero-order valence-electron chi connectivity index (χ0n) is 14.7. The molecule has 1 saturated heterocycles. The Balaban J connectivity index is 1.32. The molecule has 136 valence electrons. The van der Waals surface area contributed by atoms with Crippen molar-refractivity contribution in [2.75, 3.05) is 36.0 Å². The van der Waals surface area contributed by atoms with E-state index in [1.54, 1.807) is 35.2 Å². The van der Waals surface area contributed by atoms with Gasteiger partial charge in [0.2, 0.25) is 5.13 Å². The van der Waals surface area contributed by atoms with Crippen LogP contribution in [0.15, 0.2) is 36.8 Å². The van der Waals surface area contributed by atoms with Crippen LogP contribution < -0.4 is 9.80 Å². The van der Waals surface area contributed by atoms with Crippen molar-refractivity contribution in [3.8, 4) is 10.7 Å². The molecule has 1 aliphatic rings. The number of pyridine rings is 1. The summed E-state index contributed by atoms with van der Waals surface area (Å²) in [6, 6.07) is 8.03. The normalized spacial score (nSPS) is 14.9. The van der Waals surface area contributed by atoms with E-state index in [1.807, 2.05) is 18.2 Å². The molecule has 0 amide bonds. The first-order valence-electron chi connectivity index (χ1n) is 8.74. The first-order valence-corrected chi connectivity index (χ1v) is 10.4. The number of anilines is 2. The molecule has 7 nitrogen and oxygen atoms in total. The predicted molar refractivity (Wildman–Crippen MR) is 110 cm³/mol. The summed E-state index contributed by atoms with van der Waals surface area (Å²) in [5.41, 5.74) is 0.871. The first-order chi connectivity index (χ1) is 13.3. The Morgan fingerprint density at radius 2 is 1.78 bits per heavy atom. The van der Waals surface area contributed by atoms with E-state index < -0.39 is 0 Å². The lowest BCUT2D eigenvalue weighted by molar-refractivity contribution is 0.645. The van der Waals surface area contributed by atoms with E-state index in [0.29, 0.717) is 0 Å². The Morgan fingerprint density at radius 1 is 0.926 bits per heavy atom. The number of hydrogen-bond acceptors (Lipinski definition) is 9. The van der Waals surface area contributed by atoms with Gasteiger partial charge in [-0.2, -0.15) is 0 Å². The molecule has 4 aromatic rings. The van der Waals surface area contributed by atoms with Crippen molar-refractivity contribution < 1.29 is 0 Å². The van der Waals surface area contributed by atoms with Crippen LogP contribution >= 0.6 is 22.7 Å². The van der Waals surface area contributed by atoms with Gasteiger partial charge >= 0.3 is 0 Å². The van der Waals surface area contributed by atoms with Gasteiger partial charge in [0.05, 0.1) is 5.39 Å². The second-order valence-corrected chi connectivity index (χ2v) is 8.54. The minimum absolute atomic E-state index is 0.860.